The molecule has 2 aliphatic rings. The van der Waals surface area contributed by atoms with Gasteiger partial charge in [0.15, 0.2) is 5.13 Å². The standard InChI is InChI=1S/C12H16N4O2S.ClH/c17-10(15-12-14-3-5-19-12)9-2-1-4-16(9)11(18)8-6-13-7-8;/h3,5,8-9,13H,1-2,4,6-7H2,(H,14,15,17);1H. The third-order valence-corrected chi connectivity index (χ3v) is 4.32. The second kappa shape index (κ2) is 6.51. The highest BCUT2D eigenvalue weighted by Gasteiger charge is 2.38. The number of likely N-dealkylation sites (tertiary alicyclic amines) is 1. The lowest BCUT2D eigenvalue weighted by Gasteiger charge is -2.32. The second-order valence-corrected chi connectivity index (χ2v) is 5.77. The van der Waals surface area contributed by atoms with Gasteiger partial charge in [0.05, 0.1) is 5.92 Å². The van der Waals surface area contributed by atoms with E-state index in [-0.39, 0.29) is 36.2 Å². The number of thiazole rings is 1. The highest BCUT2D eigenvalue weighted by atomic mass is 35.5. The molecule has 1 atom stereocenters. The van der Waals surface area contributed by atoms with Gasteiger partial charge in [-0.05, 0) is 12.8 Å². The summed E-state index contributed by atoms with van der Waals surface area (Å²) in [6.07, 6.45) is 3.28. The number of halogens is 1. The first-order valence-corrected chi connectivity index (χ1v) is 7.35. The summed E-state index contributed by atoms with van der Waals surface area (Å²) in [4.78, 5) is 30.2. The lowest BCUT2D eigenvalue weighted by molar-refractivity contribution is -0.141. The second-order valence-electron chi connectivity index (χ2n) is 4.87. The number of nitrogens with zero attached hydrogens (tertiary/aromatic N) is 2. The van der Waals surface area contributed by atoms with Crippen LogP contribution in [0, 0.1) is 5.92 Å². The van der Waals surface area contributed by atoms with Gasteiger partial charge < -0.3 is 15.5 Å². The molecule has 3 heterocycles. The number of aromatic nitrogens is 1. The Kier molecular flexibility index (Phi) is 4.95. The zero-order valence-electron chi connectivity index (χ0n) is 10.9. The van der Waals surface area contributed by atoms with E-state index >= 15 is 0 Å². The van der Waals surface area contributed by atoms with Crippen molar-refractivity contribution in [3.8, 4) is 0 Å². The normalized spacial score (nSPS) is 22.0. The van der Waals surface area contributed by atoms with Gasteiger partial charge >= 0.3 is 0 Å². The zero-order chi connectivity index (χ0) is 13.2. The van der Waals surface area contributed by atoms with E-state index in [2.05, 4.69) is 15.6 Å². The molecule has 20 heavy (non-hydrogen) atoms. The molecule has 0 aliphatic carbocycles. The zero-order valence-corrected chi connectivity index (χ0v) is 12.5. The molecule has 2 saturated heterocycles. The number of hydrogen-bond donors (Lipinski definition) is 2. The van der Waals surface area contributed by atoms with Gasteiger partial charge in [0.25, 0.3) is 0 Å². The number of carbonyl (C=O) groups is 2. The van der Waals surface area contributed by atoms with Crippen LogP contribution in [0.5, 0.6) is 0 Å². The molecule has 0 spiro atoms. The molecule has 1 aromatic rings. The van der Waals surface area contributed by atoms with E-state index in [4.69, 9.17) is 0 Å². The number of rotatable bonds is 3. The Morgan fingerprint density at radius 1 is 1.45 bits per heavy atom. The lowest BCUT2D eigenvalue weighted by Crippen LogP contribution is -2.54. The average molecular weight is 317 g/mol. The Hall–Kier alpha value is -1.18. The summed E-state index contributed by atoms with van der Waals surface area (Å²) >= 11 is 1.39. The smallest absolute Gasteiger partial charge is 0.248 e. The van der Waals surface area contributed by atoms with Crippen molar-refractivity contribution in [2.24, 2.45) is 5.92 Å². The molecular formula is C12H17ClN4O2S. The Balaban J connectivity index is 0.00000147. The van der Waals surface area contributed by atoms with Crippen LogP contribution in [-0.2, 0) is 9.59 Å². The van der Waals surface area contributed by atoms with Crippen LogP contribution in [0.4, 0.5) is 5.13 Å². The SMILES string of the molecule is Cl.O=C(Nc1nccs1)C1CCCN1C(=O)C1CNC1. The largest absolute Gasteiger partial charge is 0.330 e. The molecule has 3 rings (SSSR count). The molecular weight excluding hydrogens is 300 g/mol. The monoisotopic (exact) mass is 316 g/mol. The van der Waals surface area contributed by atoms with Crippen LogP contribution in [0.2, 0.25) is 0 Å². The van der Waals surface area contributed by atoms with Crippen molar-refractivity contribution in [2.45, 2.75) is 18.9 Å². The van der Waals surface area contributed by atoms with Crippen LogP contribution in [0.15, 0.2) is 11.6 Å². The maximum atomic E-state index is 12.2. The van der Waals surface area contributed by atoms with Gasteiger partial charge in [-0.1, -0.05) is 0 Å². The van der Waals surface area contributed by atoms with Crippen LogP contribution in [0.25, 0.3) is 0 Å². The fourth-order valence-corrected chi connectivity index (χ4v) is 3.01. The third kappa shape index (κ3) is 2.94. The summed E-state index contributed by atoms with van der Waals surface area (Å²) in [6, 6.07) is -0.336. The van der Waals surface area contributed by atoms with E-state index in [9.17, 15) is 9.59 Å². The van der Waals surface area contributed by atoms with Crippen molar-refractivity contribution in [3.63, 3.8) is 0 Å². The van der Waals surface area contributed by atoms with Gasteiger partial charge in [0.1, 0.15) is 6.04 Å². The van der Waals surface area contributed by atoms with Crippen LogP contribution in [-0.4, -0.2) is 47.4 Å². The first-order chi connectivity index (χ1) is 9.25. The van der Waals surface area contributed by atoms with E-state index in [1.807, 2.05) is 5.38 Å². The number of carbonyl (C=O) groups excluding carboxylic acids is 2. The Labute approximate surface area is 127 Å². The summed E-state index contributed by atoms with van der Waals surface area (Å²) in [5.41, 5.74) is 0. The fraction of sp³-hybridized carbons (Fsp3) is 0.583. The van der Waals surface area contributed by atoms with Crippen molar-refractivity contribution >= 4 is 40.7 Å². The minimum atomic E-state index is -0.336. The number of nitrogens with one attached hydrogen (secondary N) is 2. The molecule has 8 heteroatoms. The van der Waals surface area contributed by atoms with Crippen molar-refractivity contribution in [1.82, 2.24) is 15.2 Å². The van der Waals surface area contributed by atoms with Crippen molar-refractivity contribution in [1.29, 1.82) is 0 Å². The number of amides is 2. The molecule has 0 radical (unpaired) electrons. The fourth-order valence-electron chi connectivity index (χ4n) is 2.47. The lowest BCUT2D eigenvalue weighted by atomic mass is 10.0. The van der Waals surface area contributed by atoms with E-state index in [0.717, 1.165) is 25.9 Å². The Morgan fingerprint density at radius 3 is 2.85 bits per heavy atom. The van der Waals surface area contributed by atoms with Crippen molar-refractivity contribution in [2.75, 3.05) is 25.0 Å². The van der Waals surface area contributed by atoms with Gasteiger partial charge in [-0.15, -0.1) is 23.7 Å². The van der Waals surface area contributed by atoms with Gasteiger partial charge in [-0.2, -0.15) is 0 Å². The summed E-state index contributed by atoms with van der Waals surface area (Å²) in [5.74, 6) is 0.0388. The molecule has 110 valence electrons. The highest BCUT2D eigenvalue weighted by molar-refractivity contribution is 7.13. The van der Waals surface area contributed by atoms with Crippen molar-refractivity contribution < 1.29 is 9.59 Å². The summed E-state index contributed by atoms with van der Waals surface area (Å²) in [6.45, 7) is 2.15. The average Bonchev–Trinajstić information content (AvgIpc) is 2.96. The predicted molar refractivity (Wildman–Crippen MR) is 79.1 cm³/mol. The maximum Gasteiger partial charge on any atom is 0.248 e. The molecule has 1 aromatic heterocycles. The van der Waals surface area contributed by atoms with Crippen LogP contribution < -0.4 is 10.6 Å². The van der Waals surface area contributed by atoms with E-state index < -0.39 is 0 Å². The van der Waals surface area contributed by atoms with E-state index in [1.165, 1.54) is 11.3 Å². The van der Waals surface area contributed by atoms with Crippen LogP contribution in [0.1, 0.15) is 12.8 Å². The molecule has 2 amide bonds. The Bertz CT molecular complexity index is 478. The molecule has 6 nitrogen and oxygen atoms in total. The van der Waals surface area contributed by atoms with E-state index in [1.54, 1.807) is 11.1 Å². The summed E-state index contributed by atoms with van der Waals surface area (Å²) < 4.78 is 0. The first-order valence-electron chi connectivity index (χ1n) is 6.47. The summed E-state index contributed by atoms with van der Waals surface area (Å²) in [7, 11) is 0. The summed E-state index contributed by atoms with van der Waals surface area (Å²) in [5, 5.41) is 8.28. The molecule has 0 bridgehead atoms. The Morgan fingerprint density at radius 2 is 2.25 bits per heavy atom. The topological polar surface area (TPSA) is 74.3 Å². The quantitative estimate of drug-likeness (QED) is 0.861. The maximum absolute atomic E-state index is 12.2. The number of hydrogen-bond acceptors (Lipinski definition) is 5. The van der Waals surface area contributed by atoms with Gasteiger partial charge in [-0.25, -0.2) is 4.98 Å². The molecule has 1 unspecified atom stereocenters. The van der Waals surface area contributed by atoms with Gasteiger partial charge in [0, 0.05) is 31.2 Å². The molecule has 2 aliphatic heterocycles. The molecule has 2 fully saturated rings. The predicted octanol–water partition coefficient (Wildman–Crippen LogP) is 0.714. The molecule has 0 aromatic carbocycles. The molecule has 0 saturated carbocycles. The minimum Gasteiger partial charge on any atom is -0.330 e. The minimum absolute atomic E-state index is 0. The first kappa shape index (κ1) is 15.2. The highest BCUT2D eigenvalue weighted by Crippen LogP contribution is 2.23. The van der Waals surface area contributed by atoms with Crippen LogP contribution in [0.3, 0.4) is 0 Å². The molecule has 2 N–H and O–H groups in total. The van der Waals surface area contributed by atoms with Crippen LogP contribution >= 0.6 is 23.7 Å². The van der Waals surface area contributed by atoms with Gasteiger partial charge in [-0.3, -0.25) is 9.59 Å². The van der Waals surface area contributed by atoms with E-state index in [0.29, 0.717) is 11.7 Å². The van der Waals surface area contributed by atoms with Gasteiger partial charge in [0.2, 0.25) is 11.8 Å². The third-order valence-electron chi connectivity index (χ3n) is 3.63. The van der Waals surface area contributed by atoms with Crippen molar-refractivity contribution in [3.05, 3.63) is 11.6 Å². The number of anilines is 1.